The second-order valence-corrected chi connectivity index (χ2v) is 6.47. The lowest BCUT2D eigenvalue weighted by Gasteiger charge is -2.29. The molecule has 0 saturated heterocycles. The summed E-state index contributed by atoms with van der Waals surface area (Å²) < 4.78 is 33.1. The van der Waals surface area contributed by atoms with Crippen molar-refractivity contribution in [3.8, 4) is 0 Å². The van der Waals surface area contributed by atoms with Crippen molar-refractivity contribution in [2.75, 3.05) is 0 Å². The molecule has 1 aromatic rings. The number of aliphatic hydroxyl groups excluding tert-OH is 1. The molecule has 2 atom stereocenters. The lowest BCUT2D eigenvalue weighted by Crippen LogP contribution is -2.43. The van der Waals surface area contributed by atoms with Gasteiger partial charge in [0.15, 0.2) is 0 Å². The topological polar surface area (TPSA) is 77.8 Å². The molecule has 5 nitrogen and oxygen atoms in total. The van der Waals surface area contributed by atoms with Crippen molar-refractivity contribution >= 4 is 21.9 Å². The van der Waals surface area contributed by atoms with Crippen molar-refractivity contribution in [2.45, 2.75) is 38.0 Å². The molecule has 106 valence electrons. The second kappa shape index (κ2) is 5.38. The number of hydrogen-bond donors (Lipinski definition) is 2. The number of rotatable bonds is 5. The van der Waals surface area contributed by atoms with Crippen LogP contribution in [0.4, 0.5) is 0 Å². The van der Waals surface area contributed by atoms with E-state index in [0.717, 1.165) is 4.31 Å². The molecule has 2 N–H and O–H groups in total. The van der Waals surface area contributed by atoms with Gasteiger partial charge in [-0.2, -0.15) is 12.7 Å². The first-order chi connectivity index (χ1) is 8.82. The third-order valence-electron chi connectivity index (χ3n) is 3.26. The molecular formula is C12H16ClNO4S. The molecule has 0 spiro atoms. The van der Waals surface area contributed by atoms with Crippen molar-refractivity contribution in [1.29, 1.82) is 0 Å². The van der Waals surface area contributed by atoms with Gasteiger partial charge in [0.05, 0.1) is 12.1 Å². The van der Waals surface area contributed by atoms with E-state index in [2.05, 4.69) is 0 Å². The molecule has 1 fully saturated rings. The molecular weight excluding hydrogens is 290 g/mol. The van der Waals surface area contributed by atoms with Gasteiger partial charge in [-0.15, -0.1) is 0 Å². The van der Waals surface area contributed by atoms with Gasteiger partial charge >= 0.3 is 10.3 Å². The van der Waals surface area contributed by atoms with Gasteiger partial charge < -0.3 is 5.11 Å². The van der Waals surface area contributed by atoms with Crippen LogP contribution in [-0.2, 0) is 10.3 Å². The van der Waals surface area contributed by atoms with Gasteiger partial charge in [0.1, 0.15) is 0 Å². The Morgan fingerprint density at radius 1 is 1.37 bits per heavy atom. The smallest absolute Gasteiger partial charge is 0.336 e. The van der Waals surface area contributed by atoms with Crippen molar-refractivity contribution in [2.24, 2.45) is 0 Å². The monoisotopic (exact) mass is 305 g/mol. The normalized spacial score (nSPS) is 19.4. The van der Waals surface area contributed by atoms with E-state index >= 15 is 0 Å². The summed E-state index contributed by atoms with van der Waals surface area (Å²) in [4.78, 5) is 0. The van der Waals surface area contributed by atoms with Crippen molar-refractivity contribution in [3.05, 3.63) is 34.9 Å². The third-order valence-corrected chi connectivity index (χ3v) is 4.76. The van der Waals surface area contributed by atoms with E-state index in [1.54, 1.807) is 31.2 Å². The number of nitrogens with zero attached hydrogens (tertiary/aromatic N) is 1. The van der Waals surface area contributed by atoms with E-state index in [9.17, 15) is 18.1 Å². The summed E-state index contributed by atoms with van der Waals surface area (Å²) in [7, 11) is -4.34. The van der Waals surface area contributed by atoms with E-state index in [-0.39, 0.29) is 6.04 Å². The Kier molecular flexibility index (Phi) is 4.17. The summed E-state index contributed by atoms with van der Waals surface area (Å²) in [5, 5.41) is 10.6. The van der Waals surface area contributed by atoms with Crippen LogP contribution in [0.25, 0.3) is 0 Å². The minimum absolute atomic E-state index is 0.234. The number of halogens is 1. The second-order valence-electron chi connectivity index (χ2n) is 4.75. The summed E-state index contributed by atoms with van der Waals surface area (Å²) in [6.45, 7) is 1.56. The molecule has 0 amide bonds. The lowest BCUT2D eigenvalue weighted by atomic mass is 10.0. The molecule has 1 aromatic carbocycles. The molecule has 0 aliphatic heterocycles. The Balaban J connectivity index is 2.27. The van der Waals surface area contributed by atoms with Crippen LogP contribution in [0.3, 0.4) is 0 Å². The Morgan fingerprint density at radius 2 is 1.95 bits per heavy atom. The highest BCUT2D eigenvalue weighted by Crippen LogP contribution is 2.35. The van der Waals surface area contributed by atoms with Crippen molar-refractivity contribution < 1.29 is 18.1 Å². The van der Waals surface area contributed by atoms with Crippen LogP contribution in [0.2, 0.25) is 5.02 Å². The number of benzene rings is 1. The maximum atomic E-state index is 11.4. The minimum atomic E-state index is -4.34. The quantitative estimate of drug-likeness (QED) is 0.816. The fourth-order valence-electron chi connectivity index (χ4n) is 2.17. The predicted molar refractivity (Wildman–Crippen MR) is 72.3 cm³/mol. The summed E-state index contributed by atoms with van der Waals surface area (Å²) in [6.07, 6.45) is 0.301. The zero-order valence-corrected chi connectivity index (χ0v) is 12.0. The molecule has 0 heterocycles. The van der Waals surface area contributed by atoms with Crippen LogP contribution in [0.5, 0.6) is 0 Å². The molecule has 1 saturated carbocycles. The highest BCUT2D eigenvalue weighted by molar-refractivity contribution is 7.83. The van der Waals surface area contributed by atoms with Crippen LogP contribution in [0.1, 0.15) is 31.4 Å². The van der Waals surface area contributed by atoms with Gasteiger partial charge in [0, 0.05) is 16.6 Å². The van der Waals surface area contributed by atoms with E-state index in [1.165, 1.54) is 0 Å². The Hall–Kier alpha value is -0.660. The SMILES string of the molecule is C[C@@H]([C@@H](O)c1ccccc1Cl)N(C1CC1)S(=O)(=O)O. The van der Waals surface area contributed by atoms with Gasteiger partial charge in [0.25, 0.3) is 0 Å². The van der Waals surface area contributed by atoms with E-state index in [0.29, 0.717) is 23.4 Å². The van der Waals surface area contributed by atoms with Gasteiger partial charge in [-0.25, -0.2) is 0 Å². The van der Waals surface area contributed by atoms with Crippen LogP contribution >= 0.6 is 11.6 Å². The minimum Gasteiger partial charge on any atom is -0.387 e. The maximum Gasteiger partial charge on any atom is 0.336 e. The van der Waals surface area contributed by atoms with Crippen LogP contribution in [-0.4, -0.2) is 34.5 Å². The maximum absolute atomic E-state index is 11.4. The highest BCUT2D eigenvalue weighted by Gasteiger charge is 2.42. The third kappa shape index (κ3) is 3.27. The predicted octanol–water partition coefficient (Wildman–Crippen LogP) is 2.03. The van der Waals surface area contributed by atoms with E-state index in [1.807, 2.05) is 0 Å². The Labute approximate surface area is 117 Å². The van der Waals surface area contributed by atoms with Gasteiger partial charge in [-0.3, -0.25) is 4.55 Å². The van der Waals surface area contributed by atoms with E-state index in [4.69, 9.17) is 11.6 Å². The molecule has 2 rings (SSSR count). The number of hydrogen-bond acceptors (Lipinski definition) is 3. The highest BCUT2D eigenvalue weighted by atomic mass is 35.5. The zero-order valence-electron chi connectivity index (χ0n) is 10.4. The molecule has 0 aromatic heterocycles. The Bertz CT molecular complexity index is 559. The van der Waals surface area contributed by atoms with Crippen molar-refractivity contribution in [1.82, 2.24) is 4.31 Å². The first-order valence-electron chi connectivity index (χ1n) is 6.01. The molecule has 1 aliphatic rings. The average molecular weight is 306 g/mol. The largest absolute Gasteiger partial charge is 0.387 e. The molecule has 1 aliphatic carbocycles. The molecule has 19 heavy (non-hydrogen) atoms. The fraction of sp³-hybridized carbons (Fsp3) is 0.500. The average Bonchev–Trinajstić information content (AvgIpc) is 3.11. The summed E-state index contributed by atoms with van der Waals surface area (Å²) >= 11 is 5.99. The lowest BCUT2D eigenvalue weighted by molar-refractivity contribution is 0.0912. The Morgan fingerprint density at radius 3 is 2.42 bits per heavy atom. The van der Waals surface area contributed by atoms with Crippen molar-refractivity contribution in [3.63, 3.8) is 0 Å². The zero-order chi connectivity index (χ0) is 14.2. The fourth-order valence-corrected chi connectivity index (χ4v) is 3.54. The molecule has 0 unspecified atom stereocenters. The number of aliphatic hydroxyl groups is 1. The van der Waals surface area contributed by atoms with Crippen LogP contribution in [0.15, 0.2) is 24.3 Å². The van der Waals surface area contributed by atoms with Crippen LogP contribution in [0, 0.1) is 0 Å². The van der Waals surface area contributed by atoms with Gasteiger partial charge in [0.2, 0.25) is 0 Å². The van der Waals surface area contributed by atoms with E-state index < -0.39 is 22.4 Å². The summed E-state index contributed by atoms with van der Waals surface area (Å²) in [6, 6.07) is 5.70. The van der Waals surface area contributed by atoms with Gasteiger partial charge in [-0.05, 0) is 25.8 Å². The first-order valence-corrected chi connectivity index (χ1v) is 7.78. The summed E-state index contributed by atoms with van der Waals surface area (Å²) in [5.74, 6) is 0. The molecule has 0 bridgehead atoms. The molecule has 0 radical (unpaired) electrons. The molecule has 7 heteroatoms. The van der Waals surface area contributed by atoms with Gasteiger partial charge in [-0.1, -0.05) is 29.8 Å². The first kappa shape index (κ1) is 14.7. The summed E-state index contributed by atoms with van der Waals surface area (Å²) in [5.41, 5.74) is 0.450. The standard InChI is InChI=1S/C12H16ClNO4S/c1-8(14(9-6-7-9)19(16,17)18)12(15)10-4-2-3-5-11(10)13/h2-5,8-9,12,15H,6-7H2,1H3,(H,16,17,18)/t8-,12+/m0/s1. The van der Waals surface area contributed by atoms with Crippen LogP contribution < -0.4 is 0 Å².